The number of aromatic nitrogens is 4. The number of aryl methyl sites for hydroxylation is 1. The summed E-state index contributed by atoms with van der Waals surface area (Å²) in [6.45, 7) is 1.72. The number of imidazole rings is 1. The molecule has 0 saturated heterocycles. The van der Waals surface area contributed by atoms with Crippen LogP contribution in [-0.2, 0) is 0 Å². The van der Waals surface area contributed by atoms with Crippen LogP contribution < -0.4 is 5.56 Å². The summed E-state index contributed by atoms with van der Waals surface area (Å²) in [4.78, 5) is 17.6. The highest BCUT2D eigenvalue weighted by atomic mass is 79.9. The zero-order valence-corrected chi connectivity index (χ0v) is 7.79. The fourth-order valence-corrected chi connectivity index (χ4v) is 1.32. The second kappa shape index (κ2) is 2.41. The van der Waals surface area contributed by atoms with E-state index in [0.29, 0.717) is 16.1 Å². The van der Waals surface area contributed by atoms with Gasteiger partial charge in [-0.25, -0.2) is 4.98 Å². The number of nitrogens with zero attached hydrogens (tertiary/aromatic N) is 3. The van der Waals surface area contributed by atoms with E-state index in [-0.39, 0.29) is 5.56 Å². The highest BCUT2D eigenvalue weighted by Gasteiger charge is 2.04. The fourth-order valence-electron chi connectivity index (χ4n) is 0.970. The van der Waals surface area contributed by atoms with Crippen molar-refractivity contribution in [1.82, 2.24) is 19.6 Å². The summed E-state index contributed by atoms with van der Waals surface area (Å²) in [5.74, 6) is 0.561. The van der Waals surface area contributed by atoms with Crippen LogP contribution in [0.15, 0.2) is 15.6 Å². The van der Waals surface area contributed by atoms with Crippen LogP contribution in [0.4, 0.5) is 0 Å². The maximum atomic E-state index is 11.2. The number of aromatic amines is 1. The molecule has 0 amide bonds. The van der Waals surface area contributed by atoms with Crippen molar-refractivity contribution < 1.29 is 0 Å². The first-order valence-corrected chi connectivity index (χ1v) is 4.08. The summed E-state index contributed by atoms with van der Waals surface area (Å²) in [5, 5.41) is 4.05. The zero-order chi connectivity index (χ0) is 8.72. The molecule has 2 aromatic rings. The zero-order valence-electron chi connectivity index (χ0n) is 6.21. The lowest BCUT2D eigenvalue weighted by Gasteiger charge is -1.94. The number of rotatable bonds is 0. The van der Waals surface area contributed by atoms with Crippen LogP contribution in [-0.4, -0.2) is 19.6 Å². The van der Waals surface area contributed by atoms with Gasteiger partial charge in [0.05, 0.1) is 6.20 Å². The van der Waals surface area contributed by atoms with E-state index in [1.807, 2.05) is 0 Å². The molecule has 2 aromatic heterocycles. The smallest absolute Gasteiger partial charge is 0.294 e. The Bertz CT molecular complexity index is 486. The standard InChI is InChI=1S/C6H5BrN4O/c1-3-9-6(12)5-8-2-4(7)11(5)10-3/h2H,1H3,(H,9,10,12). The summed E-state index contributed by atoms with van der Waals surface area (Å²) >= 11 is 3.22. The van der Waals surface area contributed by atoms with E-state index in [1.54, 1.807) is 6.92 Å². The largest absolute Gasteiger partial charge is 0.306 e. The lowest BCUT2D eigenvalue weighted by atomic mass is 10.7. The second-order valence-corrected chi connectivity index (χ2v) is 3.17. The number of fused-ring (bicyclic) bond motifs is 1. The van der Waals surface area contributed by atoms with Crippen LogP contribution in [0, 0.1) is 6.92 Å². The van der Waals surface area contributed by atoms with Crippen molar-refractivity contribution in [3.05, 3.63) is 27.0 Å². The monoisotopic (exact) mass is 228 g/mol. The third-order valence-electron chi connectivity index (χ3n) is 1.44. The summed E-state index contributed by atoms with van der Waals surface area (Å²) in [6.07, 6.45) is 1.54. The van der Waals surface area contributed by atoms with Crippen molar-refractivity contribution in [2.45, 2.75) is 6.92 Å². The van der Waals surface area contributed by atoms with E-state index in [0.717, 1.165) is 0 Å². The number of hydrogen-bond donors (Lipinski definition) is 1. The maximum Gasteiger partial charge on any atom is 0.294 e. The first kappa shape index (κ1) is 7.48. The number of hydrogen-bond acceptors (Lipinski definition) is 3. The van der Waals surface area contributed by atoms with Gasteiger partial charge in [-0.1, -0.05) is 0 Å². The van der Waals surface area contributed by atoms with Crippen molar-refractivity contribution in [2.75, 3.05) is 0 Å². The molecular weight excluding hydrogens is 224 g/mol. The molecule has 2 rings (SSSR count). The quantitative estimate of drug-likeness (QED) is 0.714. The average molecular weight is 229 g/mol. The molecule has 5 nitrogen and oxygen atoms in total. The van der Waals surface area contributed by atoms with Gasteiger partial charge in [-0.2, -0.15) is 9.61 Å². The predicted octanol–water partition coefficient (Wildman–Crippen LogP) is 0.489. The van der Waals surface area contributed by atoms with Crippen molar-refractivity contribution >= 4 is 21.6 Å². The van der Waals surface area contributed by atoms with Gasteiger partial charge in [0.25, 0.3) is 5.56 Å². The molecule has 0 spiro atoms. The Hall–Kier alpha value is -1.17. The molecule has 0 radical (unpaired) electrons. The Morgan fingerprint density at radius 3 is 3.17 bits per heavy atom. The van der Waals surface area contributed by atoms with Gasteiger partial charge >= 0.3 is 0 Å². The number of H-pyrrole nitrogens is 1. The molecule has 1 N–H and O–H groups in total. The minimum atomic E-state index is -0.229. The molecule has 62 valence electrons. The average Bonchev–Trinajstić information content (AvgIpc) is 2.33. The van der Waals surface area contributed by atoms with Crippen LogP contribution in [0.2, 0.25) is 0 Å². The molecule has 12 heavy (non-hydrogen) atoms. The lowest BCUT2D eigenvalue weighted by molar-refractivity contribution is 0.825. The lowest BCUT2D eigenvalue weighted by Crippen LogP contribution is -2.14. The highest BCUT2D eigenvalue weighted by molar-refractivity contribution is 9.10. The van der Waals surface area contributed by atoms with E-state index in [1.165, 1.54) is 10.7 Å². The molecule has 0 aliphatic rings. The Balaban J connectivity index is 3.03. The van der Waals surface area contributed by atoms with E-state index in [2.05, 4.69) is 31.0 Å². The molecule has 0 saturated carbocycles. The highest BCUT2D eigenvalue weighted by Crippen LogP contribution is 2.07. The molecular formula is C6H5BrN4O. The van der Waals surface area contributed by atoms with Crippen LogP contribution in [0.25, 0.3) is 5.65 Å². The van der Waals surface area contributed by atoms with Crippen molar-refractivity contribution in [3.8, 4) is 0 Å². The van der Waals surface area contributed by atoms with Gasteiger partial charge < -0.3 is 4.98 Å². The van der Waals surface area contributed by atoms with E-state index in [9.17, 15) is 4.79 Å². The fraction of sp³-hybridized carbons (Fsp3) is 0.167. The number of nitrogens with one attached hydrogen (secondary N) is 1. The van der Waals surface area contributed by atoms with Gasteiger partial charge in [0.2, 0.25) is 5.65 Å². The molecule has 0 atom stereocenters. The number of halogens is 1. The normalized spacial score (nSPS) is 10.8. The Labute approximate surface area is 75.6 Å². The maximum absolute atomic E-state index is 11.2. The minimum Gasteiger partial charge on any atom is -0.306 e. The third-order valence-corrected chi connectivity index (χ3v) is 1.98. The summed E-state index contributed by atoms with van der Waals surface area (Å²) in [5.41, 5.74) is 0.0701. The van der Waals surface area contributed by atoms with Gasteiger partial charge in [0.15, 0.2) is 0 Å². The van der Waals surface area contributed by atoms with E-state index < -0.39 is 0 Å². The molecule has 0 aliphatic heterocycles. The van der Waals surface area contributed by atoms with Crippen molar-refractivity contribution in [3.63, 3.8) is 0 Å². The molecule has 0 aromatic carbocycles. The summed E-state index contributed by atoms with van der Waals surface area (Å²) in [7, 11) is 0. The molecule has 0 fully saturated rings. The topological polar surface area (TPSA) is 63.1 Å². The minimum absolute atomic E-state index is 0.229. The second-order valence-electron chi connectivity index (χ2n) is 2.36. The van der Waals surface area contributed by atoms with Crippen molar-refractivity contribution in [1.29, 1.82) is 0 Å². The Morgan fingerprint density at radius 2 is 2.42 bits per heavy atom. The predicted molar refractivity (Wildman–Crippen MR) is 46.0 cm³/mol. The molecule has 0 aliphatic carbocycles. The van der Waals surface area contributed by atoms with Gasteiger partial charge in [0.1, 0.15) is 10.4 Å². The Morgan fingerprint density at radius 1 is 1.67 bits per heavy atom. The van der Waals surface area contributed by atoms with E-state index >= 15 is 0 Å². The third kappa shape index (κ3) is 0.953. The van der Waals surface area contributed by atoms with Crippen LogP contribution in [0.5, 0.6) is 0 Å². The first-order valence-electron chi connectivity index (χ1n) is 3.28. The SMILES string of the molecule is Cc1nn2c(Br)cnc2c(=O)[nH]1. The summed E-state index contributed by atoms with van der Waals surface area (Å²) < 4.78 is 2.13. The van der Waals surface area contributed by atoms with Crippen LogP contribution >= 0.6 is 15.9 Å². The van der Waals surface area contributed by atoms with Crippen molar-refractivity contribution in [2.24, 2.45) is 0 Å². The van der Waals surface area contributed by atoms with Gasteiger partial charge in [-0.15, -0.1) is 0 Å². The van der Waals surface area contributed by atoms with E-state index in [4.69, 9.17) is 0 Å². The summed E-state index contributed by atoms with van der Waals surface area (Å²) in [6, 6.07) is 0. The van der Waals surface area contributed by atoms with Gasteiger partial charge in [0, 0.05) is 0 Å². The molecule has 0 unspecified atom stereocenters. The van der Waals surface area contributed by atoms with Gasteiger partial charge in [-0.05, 0) is 22.9 Å². The van der Waals surface area contributed by atoms with Crippen LogP contribution in [0.1, 0.15) is 5.82 Å². The first-order chi connectivity index (χ1) is 5.68. The Kier molecular flexibility index (Phi) is 1.50. The molecule has 2 heterocycles. The van der Waals surface area contributed by atoms with Crippen LogP contribution in [0.3, 0.4) is 0 Å². The molecule has 0 bridgehead atoms. The molecule has 6 heteroatoms. The van der Waals surface area contributed by atoms with Gasteiger partial charge in [-0.3, -0.25) is 4.79 Å².